The Morgan fingerprint density at radius 2 is 0.368 bits per heavy atom. The van der Waals surface area contributed by atoms with Gasteiger partial charge in [0.05, 0.1) is 13.2 Å². The molecule has 0 radical (unpaired) electrons. The molecule has 0 aliphatic heterocycles. The van der Waals surface area contributed by atoms with Crippen LogP contribution in [0.15, 0.2) is 243 Å². The van der Waals surface area contributed by atoms with E-state index in [1.807, 2.05) is 0 Å². The van der Waals surface area contributed by atoms with Crippen molar-refractivity contribution in [3.63, 3.8) is 0 Å². The van der Waals surface area contributed by atoms with E-state index >= 15 is 0 Å². The fraction of sp³-hybridized carbons (Fsp3) is 0.0769. The van der Waals surface area contributed by atoms with Gasteiger partial charge in [-0.1, -0.05) is 243 Å². The first-order valence-corrected chi connectivity index (χ1v) is 25.1. The highest BCUT2D eigenvalue weighted by Crippen LogP contribution is 2.58. The van der Waals surface area contributed by atoms with Gasteiger partial charge in [-0.2, -0.15) is 0 Å². The summed E-state index contributed by atoms with van der Waals surface area (Å²) in [5.41, 5.74) is 0. The molecule has 0 aromatic heterocycles. The smallest absolute Gasteiger partial charge is 0.0585 e. The summed E-state index contributed by atoms with van der Waals surface area (Å²) >= 11 is 0. The molecule has 0 fully saturated rings. The van der Waals surface area contributed by atoms with Crippen LogP contribution in [0.3, 0.4) is 0 Å². The second-order valence-corrected chi connectivity index (χ2v) is 24.1. The van der Waals surface area contributed by atoms with E-state index in [2.05, 4.69) is 243 Å². The largest absolute Gasteiger partial charge is 0.379 e. The molecule has 5 heteroatoms. The van der Waals surface area contributed by atoms with Gasteiger partial charge < -0.3 is 4.74 Å². The molecule has 0 atom stereocenters. The van der Waals surface area contributed by atoms with Gasteiger partial charge in [-0.15, -0.1) is 0 Å². The molecule has 1 nitrogen and oxygen atoms in total. The lowest BCUT2D eigenvalue weighted by molar-refractivity contribution is 0.157. The van der Waals surface area contributed by atoms with Crippen molar-refractivity contribution in [1.29, 1.82) is 0 Å². The first-order valence-electron chi connectivity index (χ1n) is 19.5. The fourth-order valence-corrected chi connectivity index (χ4v) is 21.4. The second-order valence-electron chi connectivity index (χ2n) is 13.7. The molecule has 0 aliphatic carbocycles. The summed E-state index contributed by atoms with van der Waals surface area (Å²) in [6, 6.07) is 89.8. The molecule has 8 aromatic carbocycles. The number of rotatable bonds is 16. The van der Waals surface area contributed by atoms with Crippen molar-refractivity contribution in [1.82, 2.24) is 0 Å². The van der Waals surface area contributed by atoms with Crippen LogP contribution in [0, 0.1) is 0 Å². The van der Waals surface area contributed by atoms with Crippen LogP contribution in [0.5, 0.6) is 0 Å². The molecule has 0 saturated heterocycles. The Kier molecular flexibility index (Phi) is 13.9. The highest BCUT2D eigenvalue weighted by atomic mass is 31.2. The molecular formula is C52H46OP4. The number of hydrogen-bond acceptors (Lipinski definition) is 1. The second kappa shape index (κ2) is 20.2. The third kappa shape index (κ3) is 9.77. The first-order chi connectivity index (χ1) is 28.3. The van der Waals surface area contributed by atoms with E-state index in [-0.39, 0.29) is 10.8 Å². The van der Waals surface area contributed by atoms with Gasteiger partial charge in [-0.05, 0) is 74.1 Å². The minimum absolute atomic E-state index is 0.213. The Balaban J connectivity index is 1.28. The molecular weight excluding hydrogens is 764 g/mol. The average molecular weight is 811 g/mol. The van der Waals surface area contributed by atoms with Gasteiger partial charge in [0, 0.05) is 10.8 Å². The topological polar surface area (TPSA) is 9.23 Å². The van der Waals surface area contributed by atoms with Crippen molar-refractivity contribution in [2.75, 3.05) is 13.2 Å². The van der Waals surface area contributed by atoms with Crippen LogP contribution in [-0.2, 0) is 4.74 Å². The highest BCUT2D eigenvalue weighted by Gasteiger charge is 2.37. The van der Waals surface area contributed by atoms with Crippen LogP contribution in [0.4, 0.5) is 0 Å². The molecule has 0 amide bonds. The van der Waals surface area contributed by atoms with Crippen molar-refractivity contribution >= 4 is 74.1 Å². The zero-order valence-electron chi connectivity index (χ0n) is 31.9. The Labute approximate surface area is 343 Å². The Morgan fingerprint density at radius 3 is 0.509 bits per heavy atom. The summed E-state index contributed by atoms with van der Waals surface area (Å²) in [6.45, 7) is 1.28. The minimum Gasteiger partial charge on any atom is -0.379 e. The summed E-state index contributed by atoms with van der Waals surface area (Å²) in [5.74, 6) is 0. The summed E-state index contributed by atoms with van der Waals surface area (Å²) < 4.78 is 7.52. The summed E-state index contributed by atoms with van der Waals surface area (Å²) in [7, 11) is -3.29. The molecule has 0 spiro atoms. The van der Waals surface area contributed by atoms with Crippen LogP contribution in [0.1, 0.15) is 0 Å². The van der Waals surface area contributed by atoms with Gasteiger partial charge in [-0.25, -0.2) is 0 Å². The van der Waals surface area contributed by atoms with Crippen LogP contribution >= 0.6 is 31.7 Å². The molecule has 0 bridgehead atoms. The standard InChI is InChI=1S/C52H46OP4/c1-9-25-43(26-10-1)54(44-27-11-2-12-28-44)51(55(45-29-13-3-14-30-45)46-31-15-4-16-32-46)41-53-42-52(56(47-33-17-5-18-34-47)48-35-19-6-20-36-48)57(49-37-21-7-22-38-49)50-39-23-8-24-40-50/h1-40,51-52H,41-42H2. The van der Waals surface area contributed by atoms with Crippen molar-refractivity contribution < 1.29 is 4.74 Å². The molecule has 8 aromatic rings. The van der Waals surface area contributed by atoms with Gasteiger partial charge in [0.15, 0.2) is 0 Å². The van der Waals surface area contributed by atoms with Crippen LogP contribution in [0.25, 0.3) is 0 Å². The zero-order valence-corrected chi connectivity index (χ0v) is 35.4. The molecule has 0 heterocycles. The maximum absolute atomic E-state index is 7.52. The van der Waals surface area contributed by atoms with Crippen LogP contribution in [0.2, 0.25) is 0 Å². The van der Waals surface area contributed by atoms with Crippen molar-refractivity contribution in [3.8, 4) is 0 Å². The molecule has 0 saturated carbocycles. The van der Waals surface area contributed by atoms with Crippen molar-refractivity contribution in [2.24, 2.45) is 0 Å². The van der Waals surface area contributed by atoms with Gasteiger partial charge in [-0.3, -0.25) is 0 Å². The minimum atomic E-state index is -0.823. The van der Waals surface area contributed by atoms with Gasteiger partial charge in [0.2, 0.25) is 0 Å². The van der Waals surface area contributed by atoms with E-state index in [1.54, 1.807) is 0 Å². The molecule has 0 N–H and O–H groups in total. The third-order valence-electron chi connectivity index (χ3n) is 10.0. The van der Waals surface area contributed by atoms with Crippen molar-refractivity contribution in [2.45, 2.75) is 10.8 Å². The molecule has 280 valence electrons. The highest BCUT2D eigenvalue weighted by molar-refractivity contribution is 7.90. The zero-order chi connectivity index (χ0) is 38.5. The molecule has 57 heavy (non-hydrogen) atoms. The summed E-state index contributed by atoms with van der Waals surface area (Å²) in [5, 5.41) is 11.5. The lowest BCUT2D eigenvalue weighted by Gasteiger charge is -2.38. The summed E-state index contributed by atoms with van der Waals surface area (Å²) in [4.78, 5) is 0. The lowest BCUT2D eigenvalue weighted by Crippen LogP contribution is -2.34. The van der Waals surface area contributed by atoms with Gasteiger partial charge >= 0.3 is 0 Å². The number of ether oxygens (including phenoxy) is 1. The van der Waals surface area contributed by atoms with Gasteiger partial charge in [0.25, 0.3) is 0 Å². The third-order valence-corrected chi connectivity index (χ3v) is 22.6. The predicted octanol–water partition coefficient (Wildman–Crippen LogP) is 10.2. The van der Waals surface area contributed by atoms with Crippen LogP contribution in [-0.4, -0.2) is 24.0 Å². The number of benzene rings is 8. The fourth-order valence-electron chi connectivity index (χ4n) is 7.49. The monoisotopic (exact) mass is 810 g/mol. The SMILES string of the molecule is c1ccc(P(c2ccccc2)C(COCC(P(c2ccccc2)c2ccccc2)P(c2ccccc2)c2ccccc2)P(c2ccccc2)c2ccccc2)cc1. The molecule has 8 rings (SSSR count). The quantitative estimate of drug-likeness (QED) is 0.0884. The maximum atomic E-state index is 7.52. The van der Waals surface area contributed by atoms with Gasteiger partial charge in [0.1, 0.15) is 0 Å². The van der Waals surface area contributed by atoms with E-state index in [0.29, 0.717) is 13.2 Å². The predicted molar refractivity (Wildman–Crippen MR) is 255 cm³/mol. The maximum Gasteiger partial charge on any atom is 0.0585 e. The molecule has 0 unspecified atom stereocenters. The Hall–Kier alpha value is -4.56. The van der Waals surface area contributed by atoms with Crippen LogP contribution < -0.4 is 42.4 Å². The van der Waals surface area contributed by atoms with E-state index in [1.165, 1.54) is 42.4 Å². The van der Waals surface area contributed by atoms with Crippen molar-refractivity contribution in [3.05, 3.63) is 243 Å². The van der Waals surface area contributed by atoms with E-state index in [0.717, 1.165) is 0 Å². The lowest BCUT2D eigenvalue weighted by atomic mass is 10.4. The van der Waals surface area contributed by atoms with E-state index in [9.17, 15) is 0 Å². The first kappa shape index (κ1) is 39.3. The average Bonchev–Trinajstić information content (AvgIpc) is 3.29. The number of hydrogen-bond donors (Lipinski definition) is 0. The summed E-state index contributed by atoms with van der Waals surface area (Å²) in [6.07, 6.45) is 0. The Bertz CT molecular complexity index is 1840. The van der Waals surface area contributed by atoms with E-state index in [4.69, 9.17) is 4.74 Å². The Morgan fingerprint density at radius 1 is 0.228 bits per heavy atom. The molecule has 0 aliphatic rings. The van der Waals surface area contributed by atoms with E-state index < -0.39 is 31.7 Å². The normalized spacial score (nSPS) is 11.6.